The van der Waals surface area contributed by atoms with Gasteiger partial charge in [-0.15, -0.1) is 0 Å². The Kier molecular flexibility index (Phi) is 25.4. The van der Waals surface area contributed by atoms with Gasteiger partial charge < -0.3 is 10.2 Å². The zero-order valence-corrected chi connectivity index (χ0v) is 23.5. The van der Waals surface area contributed by atoms with Crippen LogP contribution in [0.4, 0.5) is 0 Å². The first-order chi connectivity index (χ1) is 16.5. The number of ketones is 1. The lowest BCUT2D eigenvalue weighted by atomic mass is 9.95. The van der Waals surface area contributed by atoms with Gasteiger partial charge >= 0.3 is 0 Å². The average Bonchev–Trinajstić information content (AvgIpc) is 2.83. The Morgan fingerprint density at radius 3 is 1.24 bits per heavy atom. The van der Waals surface area contributed by atoms with Gasteiger partial charge in [-0.1, -0.05) is 143 Å². The molecule has 0 saturated carbocycles. The second-order valence-electron chi connectivity index (χ2n) is 11.0. The van der Waals surface area contributed by atoms with Crippen LogP contribution in [0.1, 0.15) is 175 Å². The number of rotatable bonds is 27. The molecule has 0 aromatic carbocycles. The van der Waals surface area contributed by atoms with E-state index >= 15 is 0 Å². The minimum atomic E-state index is -0.405. The Morgan fingerprint density at radius 2 is 0.853 bits per heavy atom. The summed E-state index contributed by atoms with van der Waals surface area (Å²) in [4.78, 5) is 11.6. The van der Waals surface area contributed by atoms with Crippen molar-refractivity contribution in [3.05, 3.63) is 0 Å². The van der Waals surface area contributed by atoms with Crippen LogP contribution in [0.25, 0.3) is 0 Å². The number of aliphatic hydroxyl groups is 2. The summed E-state index contributed by atoms with van der Waals surface area (Å²) in [6, 6.07) is 0. The number of aliphatic hydroxyl groups excluding tert-OH is 2. The Balaban J connectivity index is 3.34. The smallest absolute Gasteiger partial charge is 0.135 e. The predicted octanol–water partition coefficient (Wildman–Crippen LogP) is 9.32. The molecule has 0 aromatic rings. The van der Waals surface area contributed by atoms with Crippen LogP contribution in [-0.4, -0.2) is 28.2 Å². The van der Waals surface area contributed by atoms with Gasteiger partial charge in [0.2, 0.25) is 0 Å². The second-order valence-corrected chi connectivity index (χ2v) is 11.0. The molecule has 0 bridgehead atoms. The van der Waals surface area contributed by atoms with Crippen LogP contribution >= 0.6 is 0 Å². The van der Waals surface area contributed by atoms with E-state index in [0.717, 1.165) is 38.5 Å². The highest BCUT2D eigenvalue weighted by molar-refractivity contribution is 5.80. The van der Waals surface area contributed by atoms with Gasteiger partial charge in [-0.2, -0.15) is 0 Å². The van der Waals surface area contributed by atoms with Crippen molar-refractivity contribution in [2.45, 2.75) is 187 Å². The van der Waals surface area contributed by atoms with E-state index in [4.69, 9.17) is 0 Å². The number of hydrogen-bond donors (Lipinski definition) is 2. The fraction of sp³-hybridized carbons (Fsp3) is 0.968. The molecule has 2 N–H and O–H groups in total. The van der Waals surface area contributed by atoms with Crippen molar-refractivity contribution < 1.29 is 15.0 Å². The van der Waals surface area contributed by atoms with E-state index < -0.39 is 6.10 Å². The Morgan fingerprint density at radius 1 is 0.529 bits per heavy atom. The molecule has 3 atom stereocenters. The SMILES string of the molecule is CCCCCCCCCCCCCCCCCCC[C@@H](O)C[C@H](O)CCCC[C@H](C)C(=O)CC. The van der Waals surface area contributed by atoms with Gasteiger partial charge in [-0.3, -0.25) is 4.79 Å². The van der Waals surface area contributed by atoms with Crippen LogP contribution in [0.15, 0.2) is 0 Å². The van der Waals surface area contributed by atoms with Crippen LogP contribution in [0, 0.1) is 5.92 Å². The summed E-state index contributed by atoms with van der Waals surface area (Å²) in [6.07, 6.45) is 28.0. The van der Waals surface area contributed by atoms with E-state index in [-0.39, 0.29) is 12.0 Å². The molecular formula is C31H62O3. The van der Waals surface area contributed by atoms with E-state index in [1.807, 2.05) is 13.8 Å². The third-order valence-corrected chi connectivity index (χ3v) is 7.51. The highest BCUT2D eigenvalue weighted by Crippen LogP contribution is 2.17. The minimum absolute atomic E-state index is 0.146. The largest absolute Gasteiger partial charge is 0.393 e. The molecule has 3 nitrogen and oxygen atoms in total. The van der Waals surface area contributed by atoms with Gasteiger partial charge in [0.25, 0.3) is 0 Å². The fourth-order valence-corrected chi connectivity index (χ4v) is 4.99. The Labute approximate surface area is 213 Å². The molecule has 0 unspecified atom stereocenters. The van der Waals surface area contributed by atoms with Crippen LogP contribution in [-0.2, 0) is 4.79 Å². The molecule has 0 amide bonds. The lowest BCUT2D eigenvalue weighted by Crippen LogP contribution is -2.17. The molecule has 34 heavy (non-hydrogen) atoms. The van der Waals surface area contributed by atoms with E-state index in [0.29, 0.717) is 18.6 Å². The zero-order valence-electron chi connectivity index (χ0n) is 23.5. The molecule has 0 radical (unpaired) electrons. The topological polar surface area (TPSA) is 57.5 Å². The van der Waals surface area contributed by atoms with Crippen molar-refractivity contribution in [1.29, 1.82) is 0 Å². The first-order valence-corrected chi connectivity index (χ1v) is 15.4. The molecule has 0 rings (SSSR count). The van der Waals surface area contributed by atoms with E-state index in [1.54, 1.807) is 0 Å². The van der Waals surface area contributed by atoms with Crippen molar-refractivity contribution in [2.24, 2.45) is 5.92 Å². The summed E-state index contributed by atoms with van der Waals surface area (Å²) >= 11 is 0. The second kappa shape index (κ2) is 25.7. The zero-order chi connectivity index (χ0) is 25.3. The van der Waals surface area contributed by atoms with Crippen molar-refractivity contribution >= 4 is 5.78 Å². The molecule has 204 valence electrons. The third kappa shape index (κ3) is 23.3. The van der Waals surface area contributed by atoms with Crippen LogP contribution in [0.2, 0.25) is 0 Å². The molecule has 0 heterocycles. The number of carbonyl (C=O) groups excluding carboxylic acids is 1. The van der Waals surface area contributed by atoms with Gasteiger partial charge in [0.15, 0.2) is 0 Å². The molecule has 0 aliphatic carbocycles. The maximum absolute atomic E-state index is 11.6. The maximum Gasteiger partial charge on any atom is 0.135 e. The van der Waals surface area contributed by atoms with Gasteiger partial charge in [-0.05, 0) is 25.7 Å². The summed E-state index contributed by atoms with van der Waals surface area (Å²) in [6.45, 7) is 6.21. The van der Waals surface area contributed by atoms with Gasteiger partial charge in [-0.25, -0.2) is 0 Å². The van der Waals surface area contributed by atoms with Crippen molar-refractivity contribution in [2.75, 3.05) is 0 Å². The van der Waals surface area contributed by atoms with E-state index in [1.165, 1.54) is 103 Å². The van der Waals surface area contributed by atoms with Crippen LogP contribution in [0.3, 0.4) is 0 Å². The lowest BCUT2D eigenvalue weighted by Gasteiger charge is -2.16. The third-order valence-electron chi connectivity index (χ3n) is 7.51. The molecule has 0 aliphatic rings. The number of hydrogen-bond acceptors (Lipinski definition) is 3. The average molecular weight is 483 g/mol. The number of Topliss-reactive ketones (excluding diaryl/α,β-unsaturated/α-hetero) is 1. The molecule has 0 saturated heterocycles. The molecule has 3 heteroatoms. The van der Waals surface area contributed by atoms with Crippen molar-refractivity contribution in [3.8, 4) is 0 Å². The predicted molar refractivity (Wildman–Crippen MR) is 148 cm³/mol. The van der Waals surface area contributed by atoms with Crippen molar-refractivity contribution in [3.63, 3.8) is 0 Å². The minimum Gasteiger partial charge on any atom is -0.393 e. The van der Waals surface area contributed by atoms with Gasteiger partial charge in [0, 0.05) is 12.3 Å². The van der Waals surface area contributed by atoms with Gasteiger partial charge in [0.05, 0.1) is 12.2 Å². The first kappa shape index (κ1) is 33.6. The number of carbonyl (C=O) groups is 1. The quantitative estimate of drug-likeness (QED) is 0.115. The van der Waals surface area contributed by atoms with E-state index in [9.17, 15) is 15.0 Å². The molecule has 0 aromatic heterocycles. The van der Waals surface area contributed by atoms with Crippen LogP contribution in [0.5, 0.6) is 0 Å². The summed E-state index contributed by atoms with van der Waals surface area (Å²) in [5.74, 6) is 0.484. The standard InChI is InChI=1S/C31H62O3/c1-4-6-7-8-9-10-11-12-13-14-15-16-17-18-19-20-21-25-29(32)27-30(33)26-23-22-24-28(3)31(34)5-2/h28-30,32-33H,4-27H2,1-3H3/t28-,29+,30+/m0/s1. The molecule has 0 fully saturated rings. The highest BCUT2D eigenvalue weighted by atomic mass is 16.3. The van der Waals surface area contributed by atoms with Gasteiger partial charge in [0.1, 0.15) is 5.78 Å². The summed E-state index contributed by atoms with van der Waals surface area (Å²) < 4.78 is 0. The molecule has 0 aliphatic heterocycles. The Bertz CT molecular complexity index is 423. The van der Waals surface area contributed by atoms with Crippen LogP contribution < -0.4 is 0 Å². The van der Waals surface area contributed by atoms with Crippen molar-refractivity contribution in [1.82, 2.24) is 0 Å². The normalized spacial score (nSPS) is 14.3. The number of unbranched alkanes of at least 4 members (excludes halogenated alkanes) is 17. The summed E-state index contributed by atoms with van der Waals surface area (Å²) in [5.41, 5.74) is 0. The lowest BCUT2D eigenvalue weighted by molar-refractivity contribution is -0.122. The summed E-state index contributed by atoms with van der Waals surface area (Å²) in [5, 5.41) is 20.3. The first-order valence-electron chi connectivity index (χ1n) is 15.4. The molecule has 0 spiro atoms. The maximum atomic E-state index is 11.6. The monoisotopic (exact) mass is 482 g/mol. The fourth-order valence-electron chi connectivity index (χ4n) is 4.99. The Hall–Kier alpha value is -0.410. The molecular weight excluding hydrogens is 420 g/mol. The summed E-state index contributed by atoms with van der Waals surface area (Å²) in [7, 11) is 0. The van der Waals surface area contributed by atoms with E-state index in [2.05, 4.69) is 6.92 Å². The highest BCUT2D eigenvalue weighted by Gasteiger charge is 2.13.